The molecule has 0 unspecified atom stereocenters. The Hall–Kier alpha value is -3.35. The third kappa shape index (κ3) is 3.94. The predicted octanol–water partition coefficient (Wildman–Crippen LogP) is 2.97. The molecule has 4 rings (SSSR count). The minimum absolute atomic E-state index is 0.0266. The van der Waals surface area contributed by atoms with E-state index in [1.807, 2.05) is 72.4 Å². The summed E-state index contributed by atoms with van der Waals surface area (Å²) in [5.74, 6) is 2.11. The first-order valence-corrected chi connectivity index (χ1v) is 9.56. The smallest absolute Gasteiger partial charge is 0.253 e. The summed E-state index contributed by atoms with van der Waals surface area (Å²) >= 11 is 0. The summed E-state index contributed by atoms with van der Waals surface area (Å²) in [6, 6.07) is 15.4. The van der Waals surface area contributed by atoms with Crippen molar-refractivity contribution in [2.45, 2.75) is 12.3 Å². The van der Waals surface area contributed by atoms with E-state index in [2.05, 4.69) is 10.1 Å². The van der Waals surface area contributed by atoms with Gasteiger partial charge in [0.05, 0.1) is 13.0 Å². The molecule has 29 heavy (non-hydrogen) atoms. The number of anilines is 1. The number of benzene rings is 2. The first kappa shape index (κ1) is 19.0. The maximum absolute atomic E-state index is 12.7. The molecule has 1 aliphatic rings. The fourth-order valence-corrected chi connectivity index (χ4v) is 3.42. The summed E-state index contributed by atoms with van der Waals surface area (Å²) in [6.07, 6.45) is 0.542. The summed E-state index contributed by atoms with van der Waals surface area (Å²) in [7, 11) is 5.57. The molecule has 7 heteroatoms. The van der Waals surface area contributed by atoms with Gasteiger partial charge in [-0.15, -0.1) is 0 Å². The highest BCUT2D eigenvalue weighted by molar-refractivity contribution is 5.95. The number of hydrogen-bond donors (Lipinski definition) is 0. The molecule has 0 radical (unpaired) electrons. The van der Waals surface area contributed by atoms with Crippen molar-refractivity contribution in [2.24, 2.45) is 0 Å². The van der Waals surface area contributed by atoms with Crippen LogP contribution in [0, 0.1) is 0 Å². The van der Waals surface area contributed by atoms with E-state index in [4.69, 9.17) is 9.26 Å². The molecule has 3 aromatic rings. The molecule has 1 amide bonds. The van der Waals surface area contributed by atoms with E-state index in [1.54, 1.807) is 7.11 Å². The van der Waals surface area contributed by atoms with Gasteiger partial charge in [-0.3, -0.25) is 4.79 Å². The minimum Gasteiger partial charge on any atom is -0.496 e. The molecule has 0 bridgehead atoms. The van der Waals surface area contributed by atoms with E-state index >= 15 is 0 Å². The Bertz CT molecular complexity index is 1010. The van der Waals surface area contributed by atoms with Crippen LogP contribution in [-0.4, -0.2) is 55.2 Å². The molecular weight excluding hydrogens is 368 g/mol. The van der Waals surface area contributed by atoms with E-state index in [9.17, 15) is 4.79 Å². The summed E-state index contributed by atoms with van der Waals surface area (Å²) in [6.45, 7) is 1.17. The molecule has 0 saturated carbocycles. The van der Waals surface area contributed by atoms with Gasteiger partial charge < -0.3 is 19.1 Å². The van der Waals surface area contributed by atoms with Gasteiger partial charge >= 0.3 is 0 Å². The molecule has 0 N–H and O–H groups in total. The van der Waals surface area contributed by atoms with Crippen LogP contribution in [0.3, 0.4) is 0 Å². The largest absolute Gasteiger partial charge is 0.496 e. The van der Waals surface area contributed by atoms with Gasteiger partial charge in [0.1, 0.15) is 5.75 Å². The number of hydrogen-bond acceptors (Lipinski definition) is 6. The van der Waals surface area contributed by atoms with Crippen molar-refractivity contribution in [3.63, 3.8) is 0 Å². The van der Waals surface area contributed by atoms with Crippen LogP contribution in [0.5, 0.6) is 5.75 Å². The predicted molar refractivity (Wildman–Crippen MR) is 110 cm³/mol. The van der Waals surface area contributed by atoms with Crippen molar-refractivity contribution < 1.29 is 14.1 Å². The van der Waals surface area contributed by atoms with Gasteiger partial charge in [-0.25, -0.2) is 0 Å². The Labute approximate surface area is 169 Å². The van der Waals surface area contributed by atoms with E-state index in [1.165, 1.54) is 0 Å². The standard InChI is InChI=1S/C22H24N4O3/c1-25(2)18-9-6-8-16(11-18)22(27)26-13-17(14-26)21-23-20(24-29-21)12-15-7-4-5-10-19(15)28-3/h4-11,17H,12-14H2,1-3H3. The number of rotatable bonds is 6. The maximum atomic E-state index is 12.7. The van der Waals surface area contributed by atoms with Gasteiger partial charge in [-0.1, -0.05) is 29.4 Å². The quantitative estimate of drug-likeness (QED) is 0.642. The van der Waals surface area contributed by atoms with Crippen molar-refractivity contribution in [3.05, 3.63) is 71.4 Å². The zero-order chi connectivity index (χ0) is 20.4. The Morgan fingerprint density at radius 1 is 1.21 bits per heavy atom. The summed E-state index contributed by atoms with van der Waals surface area (Å²) in [5.41, 5.74) is 2.70. The topological polar surface area (TPSA) is 71.7 Å². The Morgan fingerprint density at radius 2 is 2.00 bits per heavy atom. The third-order valence-corrected chi connectivity index (χ3v) is 5.15. The summed E-state index contributed by atoms with van der Waals surface area (Å²) in [5, 5.41) is 4.10. The van der Waals surface area contributed by atoms with Gasteiger partial charge in [0.25, 0.3) is 5.91 Å². The normalized spacial score (nSPS) is 13.8. The van der Waals surface area contributed by atoms with Crippen molar-refractivity contribution in [3.8, 4) is 5.75 Å². The molecule has 7 nitrogen and oxygen atoms in total. The number of ether oxygens (including phenoxy) is 1. The summed E-state index contributed by atoms with van der Waals surface area (Å²) in [4.78, 5) is 21.0. The Kier molecular flexibility index (Phi) is 5.20. The van der Waals surface area contributed by atoms with Crippen LogP contribution in [0.15, 0.2) is 53.1 Å². The van der Waals surface area contributed by atoms with Gasteiger partial charge in [-0.2, -0.15) is 4.98 Å². The van der Waals surface area contributed by atoms with E-state index in [-0.39, 0.29) is 11.8 Å². The van der Waals surface area contributed by atoms with Crippen molar-refractivity contribution >= 4 is 11.6 Å². The fraction of sp³-hybridized carbons (Fsp3) is 0.318. The van der Waals surface area contributed by atoms with E-state index < -0.39 is 0 Å². The number of carbonyl (C=O) groups excluding carboxylic acids is 1. The number of aromatic nitrogens is 2. The molecule has 0 atom stereocenters. The number of methoxy groups -OCH3 is 1. The lowest BCUT2D eigenvalue weighted by Gasteiger charge is -2.37. The van der Waals surface area contributed by atoms with Gasteiger partial charge in [0, 0.05) is 50.4 Å². The molecular formula is C22H24N4O3. The zero-order valence-corrected chi connectivity index (χ0v) is 16.8. The van der Waals surface area contributed by atoms with E-state index in [0.29, 0.717) is 36.8 Å². The highest BCUT2D eigenvalue weighted by atomic mass is 16.5. The average molecular weight is 392 g/mol. The molecule has 2 aromatic carbocycles. The van der Waals surface area contributed by atoms with Gasteiger partial charge in [0.2, 0.25) is 5.89 Å². The first-order chi connectivity index (χ1) is 14.0. The third-order valence-electron chi connectivity index (χ3n) is 5.15. The number of para-hydroxylation sites is 1. The molecule has 1 aliphatic heterocycles. The number of likely N-dealkylation sites (tertiary alicyclic amines) is 1. The molecule has 1 fully saturated rings. The lowest BCUT2D eigenvalue weighted by atomic mass is 9.98. The first-order valence-electron chi connectivity index (χ1n) is 9.56. The molecule has 2 heterocycles. The zero-order valence-electron chi connectivity index (χ0n) is 16.8. The number of nitrogens with zero attached hydrogens (tertiary/aromatic N) is 4. The second-order valence-electron chi connectivity index (χ2n) is 7.39. The van der Waals surface area contributed by atoms with Crippen molar-refractivity contribution in [1.29, 1.82) is 0 Å². The Balaban J connectivity index is 1.38. The Morgan fingerprint density at radius 3 is 2.76 bits per heavy atom. The van der Waals surface area contributed by atoms with Crippen molar-refractivity contribution in [1.82, 2.24) is 15.0 Å². The second kappa shape index (κ2) is 7.95. The van der Waals surface area contributed by atoms with Crippen LogP contribution < -0.4 is 9.64 Å². The average Bonchev–Trinajstić information content (AvgIpc) is 3.15. The molecule has 150 valence electrons. The number of carbonyl (C=O) groups is 1. The minimum atomic E-state index is 0.0266. The van der Waals surface area contributed by atoms with E-state index in [0.717, 1.165) is 17.0 Å². The van der Waals surface area contributed by atoms with Gasteiger partial charge in [0.15, 0.2) is 5.82 Å². The lowest BCUT2D eigenvalue weighted by molar-refractivity contribution is 0.0569. The van der Waals surface area contributed by atoms with Crippen molar-refractivity contribution in [2.75, 3.05) is 39.2 Å². The molecule has 1 saturated heterocycles. The second-order valence-corrected chi connectivity index (χ2v) is 7.39. The molecule has 1 aromatic heterocycles. The van der Waals surface area contributed by atoms with Crippen LogP contribution in [0.4, 0.5) is 5.69 Å². The molecule has 0 aliphatic carbocycles. The monoisotopic (exact) mass is 392 g/mol. The van der Waals surface area contributed by atoms with Crippen LogP contribution in [0.25, 0.3) is 0 Å². The van der Waals surface area contributed by atoms with Gasteiger partial charge in [-0.05, 0) is 24.3 Å². The lowest BCUT2D eigenvalue weighted by Crippen LogP contribution is -2.48. The highest BCUT2D eigenvalue weighted by Crippen LogP contribution is 2.28. The van der Waals surface area contributed by atoms with Crippen LogP contribution in [0.2, 0.25) is 0 Å². The van der Waals surface area contributed by atoms with Crippen LogP contribution >= 0.6 is 0 Å². The fourth-order valence-electron chi connectivity index (χ4n) is 3.42. The highest BCUT2D eigenvalue weighted by Gasteiger charge is 2.36. The van der Waals surface area contributed by atoms with Crippen LogP contribution in [-0.2, 0) is 6.42 Å². The van der Waals surface area contributed by atoms with Crippen LogP contribution in [0.1, 0.15) is 33.6 Å². The summed E-state index contributed by atoms with van der Waals surface area (Å²) < 4.78 is 10.8. The SMILES string of the molecule is COc1ccccc1Cc1noc(C2CN(C(=O)c3cccc(N(C)C)c3)C2)n1. The maximum Gasteiger partial charge on any atom is 0.253 e. The molecule has 0 spiro atoms. The number of amides is 1.